The molecule has 1 aliphatic carbocycles. The van der Waals surface area contributed by atoms with Gasteiger partial charge in [-0.3, -0.25) is 0 Å². The maximum atomic E-state index is 5.67. The molecule has 2 atom stereocenters. The molecule has 1 aromatic heterocycles. The summed E-state index contributed by atoms with van der Waals surface area (Å²) in [5.74, 6) is 0.718. The number of aromatic nitrogens is 2. The first-order chi connectivity index (χ1) is 8.72. The van der Waals surface area contributed by atoms with Gasteiger partial charge in [-0.15, -0.1) is 0 Å². The van der Waals surface area contributed by atoms with Crippen LogP contribution in [0.25, 0.3) is 0 Å². The average Bonchev–Trinajstić information content (AvgIpc) is 2.40. The molecule has 1 aliphatic rings. The normalized spacial score (nSPS) is 23.6. The molecule has 0 spiro atoms. The van der Waals surface area contributed by atoms with Crippen LogP contribution in [-0.4, -0.2) is 32.5 Å². The number of thioether (sulfide) groups is 1. The van der Waals surface area contributed by atoms with Gasteiger partial charge in [0.25, 0.3) is 0 Å². The summed E-state index contributed by atoms with van der Waals surface area (Å²) in [5, 5.41) is 4.09. The maximum Gasteiger partial charge on any atom is 0.155 e. The molecule has 18 heavy (non-hydrogen) atoms. The number of nitrogens with two attached hydrogens (primary N) is 1. The summed E-state index contributed by atoms with van der Waals surface area (Å²) in [6.45, 7) is 0. The van der Waals surface area contributed by atoms with Gasteiger partial charge in [0, 0.05) is 23.7 Å². The Labute approximate surface area is 117 Å². The van der Waals surface area contributed by atoms with Crippen molar-refractivity contribution >= 4 is 34.8 Å². The highest BCUT2D eigenvalue weighted by Gasteiger charge is 2.25. The fraction of sp³-hybridized carbons (Fsp3) is 0.583. The van der Waals surface area contributed by atoms with Crippen molar-refractivity contribution in [1.82, 2.24) is 9.97 Å². The van der Waals surface area contributed by atoms with Crippen molar-refractivity contribution in [2.75, 3.05) is 11.6 Å². The summed E-state index contributed by atoms with van der Waals surface area (Å²) in [6.07, 6.45) is 10.4. The molecule has 3 N–H and O–H groups in total. The van der Waals surface area contributed by atoms with Crippen molar-refractivity contribution in [2.24, 2.45) is 5.73 Å². The van der Waals surface area contributed by atoms with Gasteiger partial charge < -0.3 is 11.1 Å². The van der Waals surface area contributed by atoms with E-state index in [1.807, 2.05) is 11.8 Å². The van der Waals surface area contributed by atoms with Crippen LogP contribution in [-0.2, 0) is 0 Å². The zero-order valence-corrected chi connectivity index (χ0v) is 12.1. The van der Waals surface area contributed by atoms with E-state index in [1.54, 1.807) is 12.4 Å². The number of nitrogens with one attached hydrogen (secondary N) is 1. The van der Waals surface area contributed by atoms with Crippen molar-refractivity contribution in [3.05, 3.63) is 18.1 Å². The first-order valence-corrected chi connectivity index (χ1v) is 7.82. The van der Waals surface area contributed by atoms with Gasteiger partial charge in [-0.25, -0.2) is 9.97 Å². The lowest BCUT2D eigenvalue weighted by molar-refractivity contribution is 0.474. The van der Waals surface area contributed by atoms with Crippen LogP contribution in [0.2, 0.25) is 0 Å². The smallest absolute Gasteiger partial charge is 0.155 e. The predicted octanol–water partition coefficient (Wildman–Crippen LogP) is 2.20. The van der Waals surface area contributed by atoms with Crippen LogP contribution >= 0.6 is 24.0 Å². The summed E-state index contributed by atoms with van der Waals surface area (Å²) >= 11 is 6.92. The molecular formula is C12H18N4S2. The SMILES string of the molecule is CSC1CCCCC1Nc1nccnc1C(N)=S. The monoisotopic (exact) mass is 282 g/mol. The highest BCUT2D eigenvalue weighted by atomic mass is 32.2. The molecule has 1 aromatic rings. The van der Waals surface area contributed by atoms with Crippen molar-refractivity contribution in [1.29, 1.82) is 0 Å². The van der Waals surface area contributed by atoms with Crippen LogP contribution in [0.15, 0.2) is 12.4 Å². The minimum atomic E-state index is 0.294. The molecule has 4 nitrogen and oxygen atoms in total. The van der Waals surface area contributed by atoms with Gasteiger partial charge in [0.2, 0.25) is 0 Å². The Morgan fingerprint density at radius 1 is 1.39 bits per heavy atom. The molecule has 1 saturated carbocycles. The van der Waals surface area contributed by atoms with E-state index in [9.17, 15) is 0 Å². The largest absolute Gasteiger partial charge is 0.388 e. The van der Waals surface area contributed by atoms with E-state index in [0.717, 1.165) is 5.82 Å². The summed E-state index contributed by atoms with van der Waals surface area (Å²) < 4.78 is 0. The molecule has 0 amide bonds. The highest BCUT2D eigenvalue weighted by Crippen LogP contribution is 2.29. The third-order valence-corrected chi connectivity index (χ3v) is 4.62. The lowest BCUT2D eigenvalue weighted by Gasteiger charge is -2.31. The molecule has 0 bridgehead atoms. The molecule has 0 aromatic carbocycles. The van der Waals surface area contributed by atoms with E-state index < -0.39 is 0 Å². The fourth-order valence-electron chi connectivity index (χ4n) is 2.34. The van der Waals surface area contributed by atoms with Crippen LogP contribution in [0.1, 0.15) is 31.4 Å². The minimum absolute atomic E-state index is 0.294. The molecule has 0 saturated heterocycles. The second-order valence-electron chi connectivity index (χ2n) is 4.43. The quantitative estimate of drug-likeness (QED) is 0.826. The Balaban J connectivity index is 2.15. The maximum absolute atomic E-state index is 5.67. The molecule has 0 radical (unpaired) electrons. The van der Waals surface area contributed by atoms with Crippen LogP contribution in [0, 0.1) is 0 Å². The third kappa shape index (κ3) is 3.11. The van der Waals surface area contributed by atoms with E-state index in [0.29, 0.717) is 22.0 Å². The molecular weight excluding hydrogens is 264 g/mol. The zero-order valence-electron chi connectivity index (χ0n) is 10.4. The highest BCUT2D eigenvalue weighted by molar-refractivity contribution is 7.99. The Hall–Kier alpha value is -0.880. The van der Waals surface area contributed by atoms with Crippen LogP contribution in [0.3, 0.4) is 0 Å². The fourth-order valence-corrected chi connectivity index (χ4v) is 3.43. The third-order valence-electron chi connectivity index (χ3n) is 3.26. The molecule has 1 heterocycles. The van der Waals surface area contributed by atoms with Gasteiger partial charge in [0.05, 0.1) is 0 Å². The molecule has 98 valence electrons. The summed E-state index contributed by atoms with van der Waals surface area (Å²) in [5.41, 5.74) is 6.27. The van der Waals surface area contributed by atoms with Gasteiger partial charge in [0.15, 0.2) is 5.82 Å². The minimum Gasteiger partial charge on any atom is -0.388 e. The van der Waals surface area contributed by atoms with Gasteiger partial charge in [0.1, 0.15) is 10.7 Å². The van der Waals surface area contributed by atoms with Crippen molar-refractivity contribution in [3.8, 4) is 0 Å². The van der Waals surface area contributed by atoms with Crippen molar-refractivity contribution in [3.63, 3.8) is 0 Å². The van der Waals surface area contributed by atoms with E-state index in [1.165, 1.54) is 25.7 Å². The Kier molecular flexibility index (Phi) is 4.77. The number of thiocarbonyl (C=S) groups is 1. The van der Waals surface area contributed by atoms with Crippen LogP contribution in [0.4, 0.5) is 5.82 Å². The molecule has 2 unspecified atom stereocenters. The number of nitrogens with zero attached hydrogens (tertiary/aromatic N) is 2. The van der Waals surface area contributed by atoms with Crippen LogP contribution in [0.5, 0.6) is 0 Å². The number of anilines is 1. The number of hydrogen-bond acceptors (Lipinski definition) is 5. The Bertz CT molecular complexity index is 424. The van der Waals surface area contributed by atoms with Gasteiger partial charge in [-0.2, -0.15) is 11.8 Å². The van der Waals surface area contributed by atoms with E-state index >= 15 is 0 Å². The zero-order chi connectivity index (χ0) is 13.0. The standard InChI is InChI=1S/C12H18N4S2/c1-18-9-5-3-2-4-8(9)16-12-10(11(13)17)14-6-7-15-12/h6-9H,2-5H2,1H3,(H2,13,17)(H,15,16). The summed E-state index contributed by atoms with van der Waals surface area (Å²) in [4.78, 5) is 8.80. The second kappa shape index (κ2) is 6.33. The number of rotatable bonds is 4. The lowest BCUT2D eigenvalue weighted by atomic mass is 9.95. The average molecular weight is 282 g/mol. The lowest BCUT2D eigenvalue weighted by Crippen LogP contribution is -2.35. The Morgan fingerprint density at radius 2 is 2.11 bits per heavy atom. The van der Waals surface area contributed by atoms with Gasteiger partial charge >= 0.3 is 0 Å². The molecule has 2 rings (SSSR count). The Morgan fingerprint density at radius 3 is 2.83 bits per heavy atom. The molecule has 6 heteroatoms. The summed E-state index contributed by atoms with van der Waals surface area (Å²) in [6, 6.07) is 0.429. The summed E-state index contributed by atoms with van der Waals surface area (Å²) in [7, 11) is 0. The number of hydrogen-bond donors (Lipinski definition) is 2. The van der Waals surface area contributed by atoms with E-state index in [2.05, 4.69) is 21.5 Å². The predicted molar refractivity (Wildman–Crippen MR) is 81.1 cm³/mol. The molecule has 1 fully saturated rings. The van der Waals surface area contributed by atoms with Crippen LogP contribution < -0.4 is 11.1 Å². The van der Waals surface area contributed by atoms with Crippen molar-refractivity contribution in [2.45, 2.75) is 37.0 Å². The first-order valence-electron chi connectivity index (χ1n) is 6.12. The second-order valence-corrected chi connectivity index (χ2v) is 5.94. The topological polar surface area (TPSA) is 63.8 Å². The van der Waals surface area contributed by atoms with Crippen molar-refractivity contribution < 1.29 is 0 Å². The van der Waals surface area contributed by atoms with Gasteiger partial charge in [-0.05, 0) is 19.1 Å². The van der Waals surface area contributed by atoms with E-state index in [4.69, 9.17) is 18.0 Å². The molecule has 0 aliphatic heterocycles. The first kappa shape index (κ1) is 13.5. The van der Waals surface area contributed by atoms with E-state index in [-0.39, 0.29) is 0 Å². The van der Waals surface area contributed by atoms with Gasteiger partial charge in [-0.1, -0.05) is 25.1 Å².